The Morgan fingerprint density at radius 3 is 2.55 bits per heavy atom. The first-order valence-corrected chi connectivity index (χ1v) is 8.11. The molecule has 0 aromatic heterocycles. The van der Waals surface area contributed by atoms with Gasteiger partial charge in [0.25, 0.3) is 0 Å². The molecule has 1 N–H and O–H groups in total. The van der Waals surface area contributed by atoms with Crippen LogP contribution in [0.4, 0.5) is 13.2 Å². The number of carbonyl (C=O) groups is 1. The molecule has 1 aromatic carbocycles. The van der Waals surface area contributed by atoms with E-state index in [9.17, 15) is 26.4 Å². The molecule has 0 spiro atoms. The number of hydrogen-bond donors (Lipinski definition) is 1. The van der Waals surface area contributed by atoms with Crippen LogP contribution in [0.5, 0.6) is 0 Å². The van der Waals surface area contributed by atoms with Gasteiger partial charge in [0.1, 0.15) is 6.04 Å². The zero-order chi connectivity index (χ0) is 16.5. The van der Waals surface area contributed by atoms with Gasteiger partial charge in [0.15, 0.2) is 0 Å². The zero-order valence-corrected chi connectivity index (χ0v) is 12.2. The number of rotatable bonds is 4. The van der Waals surface area contributed by atoms with E-state index in [-0.39, 0.29) is 18.5 Å². The standard InChI is InChI=1S/C13H14F3NO4S/c14-13(15,16)10-5-2-1-4-9(10)8-22(20,21)17-7-3-6-11(17)12(18)19/h1-2,4-5,11H,3,6-8H2,(H,18,19). The quantitative estimate of drug-likeness (QED) is 0.913. The van der Waals surface area contributed by atoms with Gasteiger partial charge in [-0.2, -0.15) is 17.5 Å². The van der Waals surface area contributed by atoms with Crippen molar-refractivity contribution in [1.82, 2.24) is 4.31 Å². The number of carboxylic acid groups (broad SMARTS) is 1. The van der Waals surface area contributed by atoms with Crippen molar-refractivity contribution >= 4 is 16.0 Å². The molecule has 1 unspecified atom stereocenters. The Kier molecular flexibility index (Phi) is 4.48. The first-order valence-electron chi connectivity index (χ1n) is 6.50. The highest BCUT2D eigenvalue weighted by molar-refractivity contribution is 7.88. The number of halogens is 3. The Morgan fingerprint density at radius 2 is 1.95 bits per heavy atom. The topological polar surface area (TPSA) is 74.7 Å². The lowest BCUT2D eigenvalue weighted by atomic mass is 10.1. The van der Waals surface area contributed by atoms with E-state index >= 15 is 0 Å². The predicted molar refractivity (Wildman–Crippen MR) is 71.4 cm³/mol. The van der Waals surface area contributed by atoms with E-state index in [4.69, 9.17) is 5.11 Å². The van der Waals surface area contributed by atoms with Crippen LogP contribution < -0.4 is 0 Å². The molecule has 0 saturated carbocycles. The SMILES string of the molecule is O=C(O)C1CCCN1S(=O)(=O)Cc1ccccc1C(F)(F)F. The fraction of sp³-hybridized carbons (Fsp3) is 0.462. The van der Waals surface area contributed by atoms with Crippen molar-refractivity contribution in [2.75, 3.05) is 6.54 Å². The summed E-state index contributed by atoms with van der Waals surface area (Å²) >= 11 is 0. The number of alkyl halides is 3. The van der Waals surface area contributed by atoms with Crippen LogP contribution in [0, 0.1) is 0 Å². The molecular formula is C13H14F3NO4S. The molecule has 0 radical (unpaired) electrons. The van der Waals surface area contributed by atoms with Gasteiger partial charge in [-0.05, 0) is 24.5 Å². The zero-order valence-electron chi connectivity index (χ0n) is 11.4. The molecule has 0 amide bonds. The number of hydrogen-bond acceptors (Lipinski definition) is 3. The summed E-state index contributed by atoms with van der Waals surface area (Å²) in [5, 5.41) is 9.01. The van der Waals surface area contributed by atoms with Gasteiger partial charge in [0.2, 0.25) is 10.0 Å². The summed E-state index contributed by atoms with van der Waals surface area (Å²) in [6.45, 7) is 0.00743. The Labute approximate surface area is 125 Å². The number of carboxylic acids is 1. The third kappa shape index (κ3) is 3.41. The largest absolute Gasteiger partial charge is 0.480 e. The molecule has 2 rings (SSSR count). The van der Waals surface area contributed by atoms with Gasteiger partial charge in [-0.25, -0.2) is 8.42 Å². The highest BCUT2D eigenvalue weighted by Crippen LogP contribution is 2.33. The molecule has 1 heterocycles. The van der Waals surface area contributed by atoms with Crippen molar-refractivity contribution in [2.45, 2.75) is 30.8 Å². The third-order valence-electron chi connectivity index (χ3n) is 3.51. The lowest BCUT2D eigenvalue weighted by Crippen LogP contribution is -2.41. The minimum atomic E-state index is -4.66. The molecule has 0 bridgehead atoms. The first kappa shape index (κ1) is 16.8. The summed E-state index contributed by atoms with van der Waals surface area (Å²) in [7, 11) is -4.14. The van der Waals surface area contributed by atoms with Gasteiger partial charge < -0.3 is 5.11 Å². The Hall–Kier alpha value is -1.61. The number of benzene rings is 1. The Morgan fingerprint density at radius 1 is 1.32 bits per heavy atom. The molecular weight excluding hydrogens is 323 g/mol. The van der Waals surface area contributed by atoms with E-state index in [0.29, 0.717) is 6.42 Å². The highest BCUT2D eigenvalue weighted by Gasteiger charge is 2.40. The average molecular weight is 337 g/mol. The van der Waals surface area contributed by atoms with Gasteiger partial charge in [-0.3, -0.25) is 4.79 Å². The van der Waals surface area contributed by atoms with Crippen LogP contribution >= 0.6 is 0 Å². The van der Waals surface area contributed by atoms with Crippen molar-refractivity contribution in [3.8, 4) is 0 Å². The molecule has 122 valence electrons. The molecule has 1 aliphatic rings. The van der Waals surface area contributed by atoms with E-state index in [1.807, 2.05) is 0 Å². The monoisotopic (exact) mass is 337 g/mol. The number of sulfonamides is 1. The van der Waals surface area contributed by atoms with E-state index in [1.54, 1.807) is 0 Å². The molecule has 1 fully saturated rings. The van der Waals surface area contributed by atoms with Crippen LogP contribution in [0.15, 0.2) is 24.3 Å². The van der Waals surface area contributed by atoms with Gasteiger partial charge >= 0.3 is 12.1 Å². The van der Waals surface area contributed by atoms with E-state index in [2.05, 4.69) is 0 Å². The third-order valence-corrected chi connectivity index (χ3v) is 5.33. The molecule has 5 nitrogen and oxygen atoms in total. The van der Waals surface area contributed by atoms with Gasteiger partial charge in [-0.15, -0.1) is 0 Å². The second-order valence-corrected chi connectivity index (χ2v) is 6.94. The minimum Gasteiger partial charge on any atom is -0.480 e. The summed E-state index contributed by atoms with van der Waals surface area (Å²) < 4.78 is 64.1. The lowest BCUT2D eigenvalue weighted by molar-refractivity contribution is -0.141. The van der Waals surface area contributed by atoms with Gasteiger partial charge in [0, 0.05) is 6.54 Å². The highest BCUT2D eigenvalue weighted by atomic mass is 32.2. The summed E-state index contributed by atoms with van der Waals surface area (Å²) in [5.41, 5.74) is -1.41. The second-order valence-electron chi connectivity index (χ2n) is 5.02. The van der Waals surface area contributed by atoms with Crippen molar-refractivity contribution in [3.63, 3.8) is 0 Å². The van der Waals surface area contributed by atoms with E-state index < -0.39 is 39.5 Å². The van der Waals surface area contributed by atoms with Crippen molar-refractivity contribution in [1.29, 1.82) is 0 Å². The molecule has 1 aliphatic heterocycles. The van der Waals surface area contributed by atoms with Crippen LogP contribution in [-0.2, 0) is 26.7 Å². The smallest absolute Gasteiger partial charge is 0.416 e. The predicted octanol–water partition coefficient (Wildman–Crippen LogP) is 2.08. The Bertz CT molecular complexity index is 672. The first-order chi connectivity index (χ1) is 10.1. The van der Waals surface area contributed by atoms with Gasteiger partial charge in [0.05, 0.1) is 11.3 Å². The fourth-order valence-corrected chi connectivity index (χ4v) is 4.32. The van der Waals surface area contributed by atoms with Crippen molar-refractivity contribution < 1.29 is 31.5 Å². The summed E-state index contributed by atoms with van der Waals surface area (Å²) in [6, 6.07) is 3.19. The summed E-state index contributed by atoms with van der Waals surface area (Å²) in [6.07, 6.45) is -4.13. The van der Waals surface area contributed by atoms with Crippen LogP contribution in [0.25, 0.3) is 0 Å². The normalized spacial score (nSPS) is 20.2. The maximum absolute atomic E-state index is 12.9. The fourth-order valence-electron chi connectivity index (χ4n) is 2.52. The van der Waals surface area contributed by atoms with Crippen LogP contribution in [0.1, 0.15) is 24.0 Å². The molecule has 9 heteroatoms. The minimum absolute atomic E-state index is 0.00743. The maximum Gasteiger partial charge on any atom is 0.416 e. The van der Waals surface area contributed by atoms with Crippen LogP contribution in [-0.4, -0.2) is 36.4 Å². The lowest BCUT2D eigenvalue weighted by Gasteiger charge is -2.22. The van der Waals surface area contributed by atoms with E-state index in [0.717, 1.165) is 16.4 Å². The average Bonchev–Trinajstić information content (AvgIpc) is 2.87. The number of nitrogens with zero attached hydrogens (tertiary/aromatic N) is 1. The number of aliphatic carboxylic acids is 1. The molecule has 1 aromatic rings. The molecule has 22 heavy (non-hydrogen) atoms. The summed E-state index contributed by atoms with van der Waals surface area (Å²) in [4.78, 5) is 11.1. The second kappa shape index (κ2) is 5.88. The summed E-state index contributed by atoms with van der Waals surface area (Å²) in [5.74, 6) is -2.16. The van der Waals surface area contributed by atoms with Crippen molar-refractivity contribution in [3.05, 3.63) is 35.4 Å². The van der Waals surface area contributed by atoms with Gasteiger partial charge in [-0.1, -0.05) is 18.2 Å². The van der Waals surface area contributed by atoms with E-state index in [1.165, 1.54) is 12.1 Å². The molecule has 1 atom stereocenters. The van der Waals surface area contributed by atoms with Crippen LogP contribution in [0.2, 0.25) is 0 Å². The van der Waals surface area contributed by atoms with Crippen LogP contribution in [0.3, 0.4) is 0 Å². The Balaban J connectivity index is 2.32. The maximum atomic E-state index is 12.9. The molecule has 0 aliphatic carbocycles. The van der Waals surface area contributed by atoms with Crippen molar-refractivity contribution in [2.24, 2.45) is 0 Å². The molecule has 1 saturated heterocycles.